The number of hydrogen-bond donors (Lipinski definition) is 1. The second kappa shape index (κ2) is 5.00. The standard InChI is InChI=1S/C11H8ClNO2S2/c1-15-10(14)8-9(17-11(16)13-8)6-4-2-3-5-7(6)12/h2-5H,1H3,(H,13,16). The number of benzene rings is 1. The molecule has 0 amide bonds. The molecular formula is C11H8ClNO2S2. The first-order valence-corrected chi connectivity index (χ1v) is 6.30. The van der Waals surface area contributed by atoms with Crippen LogP contribution in [0, 0.1) is 3.95 Å². The van der Waals surface area contributed by atoms with Gasteiger partial charge in [0.2, 0.25) is 0 Å². The van der Waals surface area contributed by atoms with Gasteiger partial charge < -0.3 is 9.72 Å². The summed E-state index contributed by atoms with van der Waals surface area (Å²) < 4.78 is 5.21. The van der Waals surface area contributed by atoms with Crippen LogP contribution in [0.15, 0.2) is 24.3 Å². The molecule has 2 aromatic rings. The van der Waals surface area contributed by atoms with Crippen molar-refractivity contribution in [3.05, 3.63) is 38.9 Å². The Kier molecular flexibility index (Phi) is 3.61. The number of carbonyl (C=O) groups excluding carboxylic acids is 1. The van der Waals surface area contributed by atoms with E-state index in [0.29, 0.717) is 19.5 Å². The summed E-state index contributed by atoms with van der Waals surface area (Å²) in [6.07, 6.45) is 0. The van der Waals surface area contributed by atoms with E-state index < -0.39 is 5.97 Å². The Hall–Kier alpha value is -1.17. The van der Waals surface area contributed by atoms with E-state index in [-0.39, 0.29) is 0 Å². The summed E-state index contributed by atoms with van der Waals surface area (Å²) in [5.74, 6) is -0.452. The molecule has 88 valence electrons. The van der Waals surface area contributed by atoms with Crippen molar-refractivity contribution >= 4 is 41.1 Å². The third-order valence-corrected chi connectivity index (χ3v) is 3.75. The van der Waals surface area contributed by atoms with Gasteiger partial charge in [0.15, 0.2) is 3.95 Å². The summed E-state index contributed by atoms with van der Waals surface area (Å²) >= 11 is 12.4. The average molecular weight is 286 g/mol. The van der Waals surface area contributed by atoms with Gasteiger partial charge in [0.1, 0.15) is 5.69 Å². The van der Waals surface area contributed by atoms with Crippen LogP contribution in [-0.2, 0) is 4.74 Å². The number of rotatable bonds is 2. The van der Waals surface area contributed by atoms with Gasteiger partial charge in [-0.2, -0.15) is 0 Å². The van der Waals surface area contributed by atoms with Crippen LogP contribution >= 0.6 is 35.2 Å². The van der Waals surface area contributed by atoms with Gasteiger partial charge in [-0.05, 0) is 18.3 Å². The normalized spacial score (nSPS) is 10.2. The second-order valence-electron chi connectivity index (χ2n) is 3.19. The molecule has 1 aromatic carbocycles. The highest BCUT2D eigenvalue weighted by Crippen LogP contribution is 2.34. The molecule has 0 aliphatic rings. The van der Waals surface area contributed by atoms with Gasteiger partial charge in [-0.25, -0.2) is 4.79 Å². The molecule has 0 radical (unpaired) electrons. The molecule has 3 nitrogen and oxygen atoms in total. The number of aromatic amines is 1. The molecule has 0 fully saturated rings. The van der Waals surface area contributed by atoms with Gasteiger partial charge in [0, 0.05) is 10.6 Å². The van der Waals surface area contributed by atoms with Crippen molar-refractivity contribution in [2.75, 3.05) is 7.11 Å². The van der Waals surface area contributed by atoms with Crippen molar-refractivity contribution in [1.29, 1.82) is 0 Å². The molecule has 0 unspecified atom stereocenters. The van der Waals surface area contributed by atoms with E-state index in [9.17, 15) is 4.79 Å². The predicted octanol–water partition coefficient (Wildman–Crippen LogP) is 3.91. The van der Waals surface area contributed by atoms with Crippen LogP contribution in [0.3, 0.4) is 0 Å². The number of nitrogens with one attached hydrogen (secondary N) is 1. The van der Waals surface area contributed by atoms with Gasteiger partial charge in [-0.15, -0.1) is 11.3 Å². The maximum atomic E-state index is 11.6. The molecular weight excluding hydrogens is 278 g/mol. The molecule has 6 heteroatoms. The predicted molar refractivity (Wildman–Crippen MR) is 71.3 cm³/mol. The lowest BCUT2D eigenvalue weighted by molar-refractivity contribution is 0.0596. The number of hydrogen-bond acceptors (Lipinski definition) is 4. The lowest BCUT2D eigenvalue weighted by atomic mass is 10.1. The maximum absolute atomic E-state index is 11.6. The molecule has 1 N–H and O–H groups in total. The number of thiazole rings is 1. The highest BCUT2D eigenvalue weighted by Gasteiger charge is 2.18. The smallest absolute Gasteiger partial charge is 0.356 e. The third-order valence-electron chi connectivity index (χ3n) is 2.16. The molecule has 0 bridgehead atoms. The molecule has 1 heterocycles. The van der Waals surface area contributed by atoms with Crippen molar-refractivity contribution in [3.63, 3.8) is 0 Å². The Morgan fingerprint density at radius 1 is 1.47 bits per heavy atom. The topological polar surface area (TPSA) is 42.1 Å². The van der Waals surface area contributed by atoms with Crippen LogP contribution in [0.5, 0.6) is 0 Å². The number of methoxy groups -OCH3 is 1. The lowest BCUT2D eigenvalue weighted by Gasteiger charge is -2.03. The summed E-state index contributed by atoms with van der Waals surface area (Å²) in [4.78, 5) is 15.1. The number of H-pyrrole nitrogens is 1. The van der Waals surface area contributed by atoms with E-state index in [0.717, 1.165) is 5.56 Å². The number of esters is 1. The summed E-state index contributed by atoms with van der Waals surface area (Å²) in [5.41, 5.74) is 1.11. The van der Waals surface area contributed by atoms with E-state index in [4.69, 9.17) is 28.6 Å². The first-order valence-electron chi connectivity index (χ1n) is 4.70. The number of aromatic nitrogens is 1. The maximum Gasteiger partial charge on any atom is 0.356 e. The van der Waals surface area contributed by atoms with Crippen LogP contribution in [0.1, 0.15) is 10.5 Å². The van der Waals surface area contributed by atoms with Crippen LogP contribution in [0.4, 0.5) is 0 Å². The zero-order valence-corrected chi connectivity index (χ0v) is 11.2. The molecule has 17 heavy (non-hydrogen) atoms. The van der Waals surface area contributed by atoms with Crippen molar-refractivity contribution in [1.82, 2.24) is 4.98 Å². The summed E-state index contributed by atoms with van der Waals surface area (Å²) in [7, 11) is 1.33. The van der Waals surface area contributed by atoms with Crippen LogP contribution in [0.2, 0.25) is 5.02 Å². The molecule has 0 aliphatic heterocycles. The summed E-state index contributed by atoms with van der Waals surface area (Å²) in [5, 5.41) is 0.572. The zero-order valence-electron chi connectivity index (χ0n) is 8.82. The monoisotopic (exact) mass is 285 g/mol. The molecule has 2 rings (SSSR count). The van der Waals surface area contributed by atoms with Gasteiger partial charge >= 0.3 is 5.97 Å². The SMILES string of the molecule is COC(=O)c1[nH]c(=S)sc1-c1ccccc1Cl. The second-order valence-corrected chi connectivity index (χ2v) is 5.28. The minimum Gasteiger partial charge on any atom is -0.464 e. The minimum atomic E-state index is -0.452. The van der Waals surface area contributed by atoms with E-state index in [1.165, 1.54) is 18.4 Å². The average Bonchev–Trinajstić information content (AvgIpc) is 2.71. The molecule has 0 spiro atoms. The Labute approximate surface area is 112 Å². The summed E-state index contributed by atoms with van der Waals surface area (Å²) in [6.45, 7) is 0. The van der Waals surface area contributed by atoms with E-state index in [1.54, 1.807) is 6.07 Å². The third kappa shape index (κ3) is 2.41. The minimum absolute atomic E-state index is 0.343. The first kappa shape index (κ1) is 12.3. The van der Waals surface area contributed by atoms with Crippen LogP contribution in [0.25, 0.3) is 10.4 Å². The summed E-state index contributed by atoms with van der Waals surface area (Å²) in [6, 6.07) is 7.28. The zero-order chi connectivity index (χ0) is 12.4. The van der Waals surface area contributed by atoms with E-state index in [2.05, 4.69) is 4.98 Å². The molecule has 0 saturated heterocycles. The van der Waals surface area contributed by atoms with E-state index in [1.807, 2.05) is 18.2 Å². The van der Waals surface area contributed by atoms with Crippen LogP contribution in [-0.4, -0.2) is 18.1 Å². The largest absolute Gasteiger partial charge is 0.464 e. The Morgan fingerprint density at radius 2 is 2.18 bits per heavy atom. The number of carbonyl (C=O) groups is 1. The highest BCUT2D eigenvalue weighted by molar-refractivity contribution is 7.73. The molecule has 0 aliphatic carbocycles. The first-order chi connectivity index (χ1) is 8.13. The quantitative estimate of drug-likeness (QED) is 0.672. The highest BCUT2D eigenvalue weighted by atomic mass is 35.5. The Balaban J connectivity index is 2.64. The van der Waals surface area contributed by atoms with Crippen LogP contribution < -0.4 is 0 Å². The van der Waals surface area contributed by atoms with Crippen molar-refractivity contribution < 1.29 is 9.53 Å². The van der Waals surface area contributed by atoms with Crippen molar-refractivity contribution in [3.8, 4) is 10.4 Å². The molecule has 0 atom stereocenters. The van der Waals surface area contributed by atoms with Crippen molar-refractivity contribution in [2.45, 2.75) is 0 Å². The number of halogens is 1. The van der Waals surface area contributed by atoms with E-state index >= 15 is 0 Å². The fraction of sp³-hybridized carbons (Fsp3) is 0.0909. The van der Waals surface area contributed by atoms with Gasteiger partial charge in [-0.3, -0.25) is 0 Å². The molecule has 1 aromatic heterocycles. The lowest BCUT2D eigenvalue weighted by Crippen LogP contribution is -2.03. The Bertz CT molecular complexity index is 618. The van der Waals surface area contributed by atoms with Gasteiger partial charge in [0.05, 0.1) is 12.0 Å². The van der Waals surface area contributed by atoms with Gasteiger partial charge in [-0.1, -0.05) is 29.8 Å². The molecule has 0 saturated carbocycles. The fourth-order valence-corrected chi connectivity index (χ4v) is 2.91. The number of ether oxygens (including phenoxy) is 1. The van der Waals surface area contributed by atoms with Crippen molar-refractivity contribution in [2.24, 2.45) is 0 Å². The fourth-order valence-electron chi connectivity index (χ4n) is 1.41. The Morgan fingerprint density at radius 3 is 2.82 bits per heavy atom. The van der Waals surface area contributed by atoms with Gasteiger partial charge in [0.25, 0.3) is 0 Å².